The maximum atomic E-state index is 10.4. The van der Waals surface area contributed by atoms with Gasteiger partial charge in [-0.1, -0.05) is 74.0 Å². The summed E-state index contributed by atoms with van der Waals surface area (Å²) in [4.78, 5) is 0. The van der Waals surface area contributed by atoms with Crippen LogP contribution in [0.5, 0.6) is 0 Å². The van der Waals surface area contributed by atoms with Gasteiger partial charge in [0.25, 0.3) is 0 Å². The van der Waals surface area contributed by atoms with E-state index in [9.17, 15) is 5.11 Å². The fourth-order valence-corrected chi connectivity index (χ4v) is 2.33. The zero-order valence-corrected chi connectivity index (χ0v) is 10.5. The molecule has 2 rings (SSSR count). The summed E-state index contributed by atoms with van der Waals surface area (Å²) in [6.45, 7) is 3.84. The number of rotatable bonds is 5. The van der Waals surface area contributed by atoms with Crippen molar-refractivity contribution in [2.24, 2.45) is 0 Å². The molecule has 0 spiro atoms. The van der Waals surface area contributed by atoms with Crippen LogP contribution in [0, 0.1) is 6.92 Å². The normalized spacial score (nSPS) is 12.6. The standard InChI is InChI=1S/C17H19O/c1-2-9-16(18)17(14-10-5-3-6-11-14)15-12-7-4-8-13-15/h3-8,10-13,16-18H,1-2,9H2. The van der Waals surface area contributed by atoms with Crippen molar-refractivity contribution < 1.29 is 5.11 Å². The fraction of sp³-hybridized carbons (Fsp3) is 0.235. The van der Waals surface area contributed by atoms with Crippen LogP contribution in [-0.2, 0) is 0 Å². The molecule has 1 N–H and O–H groups in total. The molecule has 0 saturated carbocycles. The smallest absolute Gasteiger partial charge is 0.0649 e. The zero-order valence-electron chi connectivity index (χ0n) is 10.5. The van der Waals surface area contributed by atoms with E-state index in [2.05, 4.69) is 31.2 Å². The highest BCUT2D eigenvalue weighted by molar-refractivity contribution is 5.33. The van der Waals surface area contributed by atoms with Crippen LogP contribution in [0.1, 0.15) is 29.9 Å². The largest absolute Gasteiger partial charge is 0.392 e. The molecule has 1 nitrogen and oxygen atoms in total. The molecule has 0 aliphatic rings. The van der Waals surface area contributed by atoms with Crippen LogP contribution in [-0.4, -0.2) is 11.2 Å². The molecule has 1 radical (unpaired) electrons. The Morgan fingerprint density at radius 1 is 0.833 bits per heavy atom. The van der Waals surface area contributed by atoms with Crippen LogP contribution < -0.4 is 0 Å². The molecule has 0 heterocycles. The van der Waals surface area contributed by atoms with E-state index >= 15 is 0 Å². The van der Waals surface area contributed by atoms with E-state index in [1.54, 1.807) is 0 Å². The first-order valence-corrected chi connectivity index (χ1v) is 6.40. The number of aliphatic hydroxyl groups excluding tert-OH is 1. The molecular weight excluding hydrogens is 220 g/mol. The molecule has 18 heavy (non-hydrogen) atoms. The molecular formula is C17H19O. The Morgan fingerprint density at radius 2 is 1.28 bits per heavy atom. The van der Waals surface area contributed by atoms with Crippen molar-refractivity contribution in [1.29, 1.82) is 0 Å². The molecule has 0 aliphatic heterocycles. The van der Waals surface area contributed by atoms with Crippen molar-refractivity contribution in [2.75, 3.05) is 0 Å². The Morgan fingerprint density at radius 3 is 1.67 bits per heavy atom. The van der Waals surface area contributed by atoms with Crippen molar-refractivity contribution in [3.63, 3.8) is 0 Å². The first-order valence-electron chi connectivity index (χ1n) is 6.40. The van der Waals surface area contributed by atoms with E-state index in [4.69, 9.17) is 0 Å². The third-order valence-electron chi connectivity index (χ3n) is 3.20. The third kappa shape index (κ3) is 2.99. The highest BCUT2D eigenvalue weighted by Crippen LogP contribution is 2.29. The lowest BCUT2D eigenvalue weighted by Gasteiger charge is -2.23. The van der Waals surface area contributed by atoms with Gasteiger partial charge in [0.1, 0.15) is 0 Å². The van der Waals surface area contributed by atoms with Crippen molar-refractivity contribution in [1.82, 2.24) is 0 Å². The van der Waals surface area contributed by atoms with Crippen molar-refractivity contribution in [3.8, 4) is 0 Å². The van der Waals surface area contributed by atoms with Crippen molar-refractivity contribution in [2.45, 2.75) is 24.9 Å². The summed E-state index contributed by atoms with van der Waals surface area (Å²) >= 11 is 0. The van der Waals surface area contributed by atoms with Gasteiger partial charge in [-0.2, -0.15) is 0 Å². The molecule has 0 bridgehead atoms. The number of hydrogen-bond donors (Lipinski definition) is 1. The van der Waals surface area contributed by atoms with E-state index in [-0.39, 0.29) is 12.0 Å². The molecule has 0 fully saturated rings. The SMILES string of the molecule is [CH2]CCC(O)C(c1ccccc1)c1ccccc1. The van der Waals surface area contributed by atoms with E-state index in [0.29, 0.717) is 6.42 Å². The quantitative estimate of drug-likeness (QED) is 0.841. The van der Waals surface area contributed by atoms with Gasteiger partial charge in [0, 0.05) is 5.92 Å². The summed E-state index contributed by atoms with van der Waals surface area (Å²) in [5.74, 6) is 0.0362. The predicted molar refractivity (Wildman–Crippen MR) is 75.3 cm³/mol. The highest BCUT2D eigenvalue weighted by Gasteiger charge is 2.21. The summed E-state index contributed by atoms with van der Waals surface area (Å²) in [6.07, 6.45) is 1.08. The third-order valence-corrected chi connectivity index (χ3v) is 3.20. The van der Waals surface area contributed by atoms with E-state index < -0.39 is 0 Å². The first kappa shape index (κ1) is 12.8. The molecule has 1 atom stereocenters. The van der Waals surface area contributed by atoms with Crippen molar-refractivity contribution >= 4 is 0 Å². The Balaban J connectivity index is 2.35. The van der Waals surface area contributed by atoms with E-state index in [1.807, 2.05) is 36.4 Å². The second kappa shape index (κ2) is 6.36. The van der Waals surface area contributed by atoms with Gasteiger partial charge in [-0.15, -0.1) is 0 Å². The van der Waals surface area contributed by atoms with E-state index in [0.717, 1.165) is 17.5 Å². The fourth-order valence-electron chi connectivity index (χ4n) is 2.33. The average molecular weight is 239 g/mol. The Hall–Kier alpha value is -1.60. The van der Waals surface area contributed by atoms with Gasteiger partial charge in [0.05, 0.1) is 6.10 Å². The summed E-state index contributed by atoms with van der Waals surface area (Å²) < 4.78 is 0. The summed E-state index contributed by atoms with van der Waals surface area (Å²) in [6, 6.07) is 20.4. The lowest BCUT2D eigenvalue weighted by molar-refractivity contribution is 0.147. The predicted octanol–water partition coefficient (Wildman–Crippen LogP) is 3.79. The van der Waals surface area contributed by atoms with Crippen LogP contribution >= 0.6 is 0 Å². The van der Waals surface area contributed by atoms with Crippen LogP contribution in [0.25, 0.3) is 0 Å². The molecule has 1 unspecified atom stereocenters. The molecule has 0 saturated heterocycles. The van der Waals surface area contributed by atoms with Crippen LogP contribution in [0.3, 0.4) is 0 Å². The summed E-state index contributed by atoms with van der Waals surface area (Å²) in [7, 11) is 0. The van der Waals surface area contributed by atoms with Crippen LogP contribution in [0.15, 0.2) is 60.7 Å². The Kier molecular flexibility index (Phi) is 4.54. The monoisotopic (exact) mass is 239 g/mol. The number of benzene rings is 2. The van der Waals surface area contributed by atoms with Gasteiger partial charge >= 0.3 is 0 Å². The van der Waals surface area contributed by atoms with Gasteiger partial charge in [-0.3, -0.25) is 0 Å². The van der Waals surface area contributed by atoms with Gasteiger partial charge in [-0.05, 0) is 17.5 Å². The first-order chi connectivity index (χ1) is 8.83. The average Bonchev–Trinajstić information content (AvgIpc) is 2.42. The second-order valence-electron chi connectivity index (χ2n) is 4.51. The van der Waals surface area contributed by atoms with E-state index in [1.165, 1.54) is 0 Å². The molecule has 0 aromatic heterocycles. The maximum absolute atomic E-state index is 10.4. The minimum absolute atomic E-state index is 0.0362. The minimum Gasteiger partial charge on any atom is -0.392 e. The second-order valence-corrected chi connectivity index (χ2v) is 4.51. The molecule has 1 heteroatoms. The maximum Gasteiger partial charge on any atom is 0.0649 e. The molecule has 0 amide bonds. The minimum atomic E-state index is -0.382. The van der Waals surface area contributed by atoms with Gasteiger partial charge in [-0.25, -0.2) is 0 Å². The van der Waals surface area contributed by atoms with Crippen LogP contribution in [0.2, 0.25) is 0 Å². The summed E-state index contributed by atoms with van der Waals surface area (Å²) in [5.41, 5.74) is 2.31. The lowest BCUT2D eigenvalue weighted by Crippen LogP contribution is -2.19. The van der Waals surface area contributed by atoms with Gasteiger partial charge in [0.2, 0.25) is 0 Å². The Labute approximate surface area is 109 Å². The zero-order chi connectivity index (χ0) is 12.8. The molecule has 2 aromatic rings. The molecule has 2 aromatic carbocycles. The highest BCUT2D eigenvalue weighted by atomic mass is 16.3. The topological polar surface area (TPSA) is 20.2 Å². The number of aliphatic hydroxyl groups is 1. The van der Waals surface area contributed by atoms with Gasteiger partial charge < -0.3 is 5.11 Å². The summed E-state index contributed by atoms with van der Waals surface area (Å²) in [5, 5.41) is 10.4. The molecule has 93 valence electrons. The lowest BCUT2D eigenvalue weighted by atomic mass is 9.85. The number of hydrogen-bond acceptors (Lipinski definition) is 1. The van der Waals surface area contributed by atoms with Crippen LogP contribution in [0.4, 0.5) is 0 Å². The Bertz CT molecular complexity index is 410. The van der Waals surface area contributed by atoms with Gasteiger partial charge in [0.15, 0.2) is 0 Å². The van der Waals surface area contributed by atoms with Crippen molar-refractivity contribution in [3.05, 3.63) is 78.7 Å². The molecule has 0 aliphatic carbocycles.